The average molecular weight is 334 g/mol. The van der Waals surface area contributed by atoms with Crippen molar-refractivity contribution in [3.05, 3.63) is 18.7 Å². The molecule has 2 amide bonds. The molecule has 3 rings (SSSR count). The molecule has 0 bridgehead atoms. The van der Waals surface area contributed by atoms with Gasteiger partial charge in [0.2, 0.25) is 0 Å². The van der Waals surface area contributed by atoms with Crippen molar-refractivity contribution in [2.45, 2.75) is 64.1 Å². The first-order chi connectivity index (χ1) is 11.6. The van der Waals surface area contributed by atoms with Gasteiger partial charge in [0.25, 0.3) is 0 Å². The number of nitrogens with zero attached hydrogens (tertiary/aromatic N) is 3. The molecule has 2 unspecified atom stereocenters. The van der Waals surface area contributed by atoms with E-state index in [9.17, 15) is 4.79 Å². The minimum Gasteiger partial charge on any atom is -0.381 e. The van der Waals surface area contributed by atoms with Crippen LogP contribution < -0.4 is 5.32 Å². The number of carbonyl (C=O) groups is 1. The number of likely N-dealkylation sites (tertiary alicyclic amines) is 1. The molecule has 2 atom stereocenters. The summed E-state index contributed by atoms with van der Waals surface area (Å²) >= 11 is 0. The monoisotopic (exact) mass is 334 g/mol. The molecule has 0 radical (unpaired) electrons. The van der Waals surface area contributed by atoms with Gasteiger partial charge in [0, 0.05) is 50.1 Å². The second-order valence-corrected chi connectivity index (χ2v) is 7.13. The van der Waals surface area contributed by atoms with Gasteiger partial charge in [-0.05, 0) is 32.1 Å². The molecule has 1 saturated carbocycles. The van der Waals surface area contributed by atoms with Gasteiger partial charge in [-0.3, -0.25) is 0 Å². The second-order valence-electron chi connectivity index (χ2n) is 7.13. The van der Waals surface area contributed by atoms with Gasteiger partial charge in [-0.25, -0.2) is 9.78 Å². The Kier molecular flexibility index (Phi) is 5.13. The summed E-state index contributed by atoms with van der Waals surface area (Å²) in [5, 5.41) is 3.28. The van der Waals surface area contributed by atoms with Gasteiger partial charge in [0.15, 0.2) is 0 Å². The van der Waals surface area contributed by atoms with Gasteiger partial charge in [-0.1, -0.05) is 13.8 Å². The normalized spacial score (nSPS) is 26.9. The zero-order valence-corrected chi connectivity index (χ0v) is 15.1. The maximum absolute atomic E-state index is 12.7. The van der Waals surface area contributed by atoms with E-state index in [1.165, 1.54) is 0 Å². The maximum atomic E-state index is 12.7. The number of aromatic nitrogens is 2. The summed E-state index contributed by atoms with van der Waals surface area (Å²) in [7, 11) is 1.78. The van der Waals surface area contributed by atoms with E-state index in [1.807, 2.05) is 23.6 Å². The maximum Gasteiger partial charge on any atom is 0.317 e. The number of methoxy groups -OCH3 is 1. The predicted molar refractivity (Wildman–Crippen MR) is 92.8 cm³/mol. The highest BCUT2D eigenvalue weighted by atomic mass is 16.5. The van der Waals surface area contributed by atoms with Crippen molar-refractivity contribution in [1.82, 2.24) is 19.8 Å². The van der Waals surface area contributed by atoms with Gasteiger partial charge in [-0.2, -0.15) is 0 Å². The number of rotatable bonds is 5. The molecule has 1 N–H and O–H groups in total. The summed E-state index contributed by atoms with van der Waals surface area (Å²) in [6.45, 7) is 6.01. The lowest BCUT2D eigenvalue weighted by Crippen LogP contribution is -2.65. The Morgan fingerprint density at radius 2 is 2.04 bits per heavy atom. The first-order valence-corrected chi connectivity index (χ1v) is 9.20. The zero-order chi connectivity index (χ0) is 17.2. The standard InChI is InChI=1S/C18H30N4O2/c1-4-18(5-2)15(12-16(18)24-3)20-17(23)21-9-6-14(7-10-21)22-11-8-19-13-22/h8,11,13-16H,4-7,9-10,12H2,1-3H3,(H,20,23). The first kappa shape index (κ1) is 17.3. The molecule has 6 nitrogen and oxygen atoms in total. The molecule has 2 heterocycles. The zero-order valence-electron chi connectivity index (χ0n) is 15.1. The molecule has 1 aromatic heterocycles. The number of carbonyl (C=O) groups excluding carboxylic acids is 1. The van der Waals surface area contributed by atoms with E-state index in [4.69, 9.17) is 4.74 Å². The molecule has 6 heteroatoms. The third kappa shape index (κ3) is 2.92. The summed E-state index contributed by atoms with van der Waals surface area (Å²) < 4.78 is 7.78. The Labute approximate surface area is 144 Å². The molecular formula is C18H30N4O2. The van der Waals surface area contributed by atoms with Gasteiger partial charge >= 0.3 is 6.03 Å². The highest BCUT2D eigenvalue weighted by Crippen LogP contribution is 2.48. The van der Waals surface area contributed by atoms with Crippen molar-refractivity contribution in [2.24, 2.45) is 5.41 Å². The number of hydrogen-bond donors (Lipinski definition) is 1. The van der Waals surface area contributed by atoms with Crippen molar-refractivity contribution >= 4 is 6.03 Å². The fraction of sp³-hybridized carbons (Fsp3) is 0.778. The number of piperidine rings is 1. The molecule has 0 spiro atoms. The largest absolute Gasteiger partial charge is 0.381 e. The van der Waals surface area contributed by atoms with Crippen molar-refractivity contribution in [3.8, 4) is 0 Å². The smallest absolute Gasteiger partial charge is 0.317 e. The van der Waals surface area contributed by atoms with Crippen LogP contribution in [0.1, 0.15) is 52.0 Å². The van der Waals surface area contributed by atoms with Crippen LogP contribution in [-0.4, -0.2) is 52.8 Å². The summed E-state index contributed by atoms with van der Waals surface area (Å²) in [5.74, 6) is 0. The van der Waals surface area contributed by atoms with Crippen LogP contribution in [0.5, 0.6) is 0 Å². The second kappa shape index (κ2) is 7.13. The van der Waals surface area contributed by atoms with E-state index in [1.54, 1.807) is 7.11 Å². The average Bonchev–Trinajstić information content (AvgIpc) is 3.14. The van der Waals surface area contributed by atoms with Crippen LogP contribution >= 0.6 is 0 Å². The van der Waals surface area contributed by atoms with Crippen molar-refractivity contribution in [1.29, 1.82) is 0 Å². The Morgan fingerprint density at radius 1 is 1.33 bits per heavy atom. The minimum absolute atomic E-state index is 0.0879. The quantitative estimate of drug-likeness (QED) is 0.901. The van der Waals surface area contributed by atoms with E-state index in [0.29, 0.717) is 6.04 Å². The Balaban J connectivity index is 1.53. The lowest BCUT2D eigenvalue weighted by Gasteiger charge is -2.55. The summed E-state index contributed by atoms with van der Waals surface area (Å²) in [6, 6.07) is 0.782. The van der Waals surface area contributed by atoms with E-state index in [0.717, 1.165) is 45.2 Å². The van der Waals surface area contributed by atoms with Crippen LogP contribution in [0.15, 0.2) is 18.7 Å². The molecule has 1 aliphatic carbocycles. The summed E-state index contributed by atoms with van der Waals surface area (Å²) in [6.07, 6.45) is 10.9. The van der Waals surface area contributed by atoms with E-state index < -0.39 is 0 Å². The predicted octanol–water partition coefficient (Wildman–Crippen LogP) is 2.82. The number of nitrogens with one attached hydrogen (secondary N) is 1. The van der Waals surface area contributed by atoms with Crippen molar-refractivity contribution in [3.63, 3.8) is 0 Å². The van der Waals surface area contributed by atoms with Crippen LogP contribution in [0.3, 0.4) is 0 Å². The Bertz CT molecular complexity index is 533. The first-order valence-electron chi connectivity index (χ1n) is 9.20. The topological polar surface area (TPSA) is 59.4 Å². The molecule has 1 saturated heterocycles. The van der Waals surface area contributed by atoms with Gasteiger partial charge < -0.3 is 19.5 Å². The lowest BCUT2D eigenvalue weighted by molar-refractivity contribution is -0.120. The Hall–Kier alpha value is -1.56. The molecule has 1 aliphatic heterocycles. The third-order valence-corrected chi connectivity index (χ3v) is 6.38. The molecule has 24 heavy (non-hydrogen) atoms. The van der Waals surface area contributed by atoms with Crippen molar-refractivity contribution in [2.75, 3.05) is 20.2 Å². The van der Waals surface area contributed by atoms with Crippen LogP contribution in [0.2, 0.25) is 0 Å². The fourth-order valence-electron chi connectivity index (χ4n) is 4.57. The lowest BCUT2D eigenvalue weighted by atomic mass is 9.58. The van der Waals surface area contributed by atoms with Gasteiger partial charge in [-0.15, -0.1) is 0 Å². The number of imidazole rings is 1. The number of hydrogen-bond acceptors (Lipinski definition) is 3. The van der Waals surface area contributed by atoms with E-state index >= 15 is 0 Å². The summed E-state index contributed by atoms with van der Waals surface area (Å²) in [5.41, 5.74) is 0.0968. The Morgan fingerprint density at radius 3 is 2.58 bits per heavy atom. The molecule has 2 aliphatic rings. The van der Waals surface area contributed by atoms with Gasteiger partial charge in [0.05, 0.1) is 12.4 Å². The van der Waals surface area contributed by atoms with Crippen molar-refractivity contribution < 1.29 is 9.53 Å². The number of urea groups is 1. The highest BCUT2D eigenvalue weighted by Gasteiger charge is 2.53. The van der Waals surface area contributed by atoms with Gasteiger partial charge in [0.1, 0.15) is 0 Å². The minimum atomic E-state index is 0.0879. The van der Waals surface area contributed by atoms with Crippen LogP contribution in [0, 0.1) is 5.41 Å². The third-order valence-electron chi connectivity index (χ3n) is 6.38. The summed E-state index contributed by atoms with van der Waals surface area (Å²) in [4.78, 5) is 18.7. The van der Waals surface area contributed by atoms with E-state index in [-0.39, 0.29) is 23.6 Å². The molecule has 2 fully saturated rings. The molecule has 0 aromatic carbocycles. The number of ether oxygens (including phenoxy) is 1. The number of amides is 2. The highest BCUT2D eigenvalue weighted by molar-refractivity contribution is 5.75. The molecule has 134 valence electrons. The van der Waals surface area contributed by atoms with Crippen LogP contribution in [0.4, 0.5) is 4.79 Å². The molecule has 1 aromatic rings. The van der Waals surface area contributed by atoms with Crippen LogP contribution in [-0.2, 0) is 4.74 Å². The van der Waals surface area contributed by atoms with E-state index in [2.05, 4.69) is 28.7 Å². The molecular weight excluding hydrogens is 304 g/mol. The fourth-order valence-corrected chi connectivity index (χ4v) is 4.57. The van der Waals surface area contributed by atoms with Crippen LogP contribution in [0.25, 0.3) is 0 Å². The SMILES string of the molecule is CCC1(CC)C(NC(=O)N2CCC(n3ccnc3)CC2)CC1OC.